The predicted octanol–water partition coefficient (Wildman–Crippen LogP) is 1.73. The molecule has 17 heavy (non-hydrogen) atoms. The molecule has 0 amide bonds. The number of nitrogens with zero attached hydrogens (tertiary/aromatic N) is 1. The van der Waals surface area contributed by atoms with Gasteiger partial charge in [-0.25, -0.2) is 4.98 Å². The lowest BCUT2D eigenvalue weighted by molar-refractivity contribution is 0.180. The Hall–Kier alpha value is -0.490. The molecule has 1 aliphatic carbocycles. The molecule has 1 aromatic heterocycles. The van der Waals surface area contributed by atoms with Crippen LogP contribution in [-0.4, -0.2) is 31.9 Å². The molecular weight excluding hydrogens is 236 g/mol. The van der Waals surface area contributed by atoms with Crippen LogP contribution in [0.3, 0.4) is 0 Å². The van der Waals surface area contributed by atoms with Crippen LogP contribution < -0.4 is 5.32 Å². The number of nitrogens with one attached hydrogen (secondary N) is 1. The molecule has 1 aliphatic rings. The maximum atomic E-state index is 5.19. The van der Waals surface area contributed by atoms with Crippen LogP contribution in [0.1, 0.15) is 28.4 Å². The summed E-state index contributed by atoms with van der Waals surface area (Å²) in [6, 6.07) is 0.731. The predicted molar refractivity (Wildman–Crippen MR) is 68.3 cm³/mol. The summed E-state index contributed by atoms with van der Waals surface area (Å²) in [4.78, 5) is 5.92. The topological polar surface area (TPSA) is 43.4 Å². The first-order chi connectivity index (χ1) is 8.33. The summed E-state index contributed by atoms with van der Waals surface area (Å²) in [6.45, 7) is 2.26. The van der Waals surface area contributed by atoms with Gasteiger partial charge in [0.2, 0.25) is 0 Å². The molecule has 0 aromatic carbocycles. The molecule has 96 valence electrons. The molecule has 0 bridgehead atoms. The summed E-state index contributed by atoms with van der Waals surface area (Å²) < 4.78 is 10.3. The Morgan fingerprint density at radius 2 is 2.18 bits per heavy atom. The van der Waals surface area contributed by atoms with Gasteiger partial charge in [-0.3, -0.25) is 0 Å². The molecule has 0 unspecified atom stereocenters. The molecule has 5 heteroatoms. The molecule has 1 N–H and O–H groups in total. The zero-order valence-corrected chi connectivity index (χ0v) is 11.3. The van der Waals surface area contributed by atoms with E-state index in [2.05, 4.69) is 10.3 Å². The summed E-state index contributed by atoms with van der Waals surface area (Å²) >= 11 is 1.78. The van der Waals surface area contributed by atoms with Gasteiger partial charge in [-0.1, -0.05) is 0 Å². The normalized spacial score (nSPS) is 15.4. The number of thiazole rings is 1. The van der Waals surface area contributed by atoms with Crippen LogP contribution in [0, 0.1) is 0 Å². The lowest BCUT2D eigenvalue weighted by atomic mass is 10.3. The van der Waals surface area contributed by atoms with E-state index in [1.807, 2.05) is 0 Å². The van der Waals surface area contributed by atoms with Crippen LogP contribution in [0.25, 0.3) is 0 Å². The van der Waals surface area contributed by atoms with E-state index >= 15 is 0 Å². The summed E-state index contributed by atoms with van der Waals surface area (Å²) in [7, 11) is 3.44. The van der Waals surface area contributed by atoms with E-state index < -0.39 is 0 Å². The van der Waals surface area contributed by atoms with Crippen LogP contribution in [-0.2, 0) is 29.0 Å². The Kier molecular flexibility index (Phi) is 4.91. The number of hydrogen-bond donors (Lipinski definition) is 1. The van der Waals surface area contributed by atoms with E-state index in [1.54, 1.807) is 25.6 Å². The molecule has 1 saturated carbocycles. The van der Waals surface area contributed by atoms with Crippen LogP contribution in [0.15, 0.2) is 0 Å². The van der Waals surface area contributed by atoms with E-state index in [4.69, 9.17) is 9.47 Å². The molecule has 0 saturated heterocycles. The summed E-state index contributed by atoms with van der Waals surface area (Å²) in [5.41, 5.74) is 1.08. The Bertz CT molecular complexity index is 350. The van der Waals surface area contributed by atoms with Gasteiger partial charge in [-0.05, 0) is 12.8 Å². The minimum Gasteiger partial charge on any atom is -0.384 e. The number of rotatable bonds is 8. The van der Waals surface area contributed by atoms with Gasteiger partial charge in [0.25, 0.3) is 0 Å². The number of ether oxygens (including phenoxy) is 2. The van der Waals surface area contributed by atoms with E-state index in [1.165, 1.54) is 17.7 Å². The van der Waals surface area contributed by atoms with Gasteiger partial charge in [0, 0.05) is 38.1 Å². The van der Waals surface area contributed by atoms with Crippen molar-refractivity contribution in [1.29, 1.82) is 0 Å². The fourth-order valence-corrected chi connectivity index (χ4v) is 2.65. The minimum atomic E-state index is 0.602. The third-order valence-corrected chi connectivity index (χ3v) is 3.91. The van der Waals surface area contributed by atoms with Crippen molar-refractivity contribution in [2.75, 3.05) is 20.8 Å². The third-order valence-electron chi connectivity index (χ3n) is 2.75. The highest BCUT2D eigenvalue weighted by molar-refractivity contribution is 7.11. The Balaban J connectivity index is 1.95. The van der Waals surface area contributed by atoms with E-state index in [0.29, 0.717) is 6.61 Å². The Labute approximate surface area is 106 Å². The van der Waals surface area contributed by atoms with Crippen molar-refractivity contribution >= 4 is 11.3 Å². The third kappa shape index (κ3) is 4.03. The Morgan fingerprint density at radius 3 is 2.82 bits per heavy atom. The molecule has 0 radical (unpaired) electrons. The van der Waals surface area contributed by atoms with E-state index in [-0.39, 0.29) is 0 Å². The van der Waals surface area contributed by atoms with Gasteiger partial charge in [0.15, 0.2) is 0 Å². The quantitative estimate of drug-likeness (QED) is 0.769. The van der Waals surface area contributed by atoms with Crippen molar-refractivity contribution < 1.29 is 9.47 Å². The smallest absolute Gasteiger partial charge is 0.0955 e. The largest absolute Gasteiger partial charge is 0.384 e. The lowest BCUT2D eigenvalue weighted by Crippen LogP contribution is -2.15. The summed E-state index contributed by atoms with van der Waals surface area (Å²) in [6.07, 6.45) is 3.52. The average molecular weight is 256 g/mol. The first kappa shape index (κ1) is 13.0. The molecule has 0 atom stereocenters. The van der Waals surface area contributed by atoms with Gasteiger partial charge < -0.3 is 14.8 Å². The standard InChI is InChI=1S/C12H20N2O2S/c1-15-6-5-12-14-10(8-16-2)11(17-12)7-13-9-3-4-9/h9,13H,3-8H2,1-2H3. The fourth-order valence-electron chi connectivity index (χ4n) is 1.65. The van der Waals surface area contributed by atoms with Crippen molar-refractivity contribution in [3.63, 3.8) is 0 Å². The van der Waals surface area contributed by atoms with Crippen molar-refractivity contribution in [3.8, 4) is 0 Å². The second-order valence-electron chi connectivity index (χ2n) is 4.31. The minimum absolute atomic E-state index is 0.602. The highest BCUT2D eigenvalue weighted by Gasteiger charge is 2.21. The van der Waals surface area contributed by atoms with Crippen LogP contribution in [0.4, 0.5) is 0 Å². The number of methoxy groups -OCH3 is 2. The monoisotopic (exact) mass is 256 g/mol. The second-order valence-corrected chi connectivity index (χ2v) is 5.48. The molecule has 1 fully saturated rings. The number of aromatic nitrogens is 1. The molecule has 0 aliphatic heterocycles. The molecule has 0 spiro atoms. The molecule has 2 rings (SSSR count). The maximum Gasteiger partial charge on any atom is 0.0955 e. The fraction of sp³-hybridized carbons (Fsp3) is 0.750. The highest BCUT2D eigenvalue weighted by Crippen LogP contribution is 2.23. The van der Waals surface area contributed by atoms with Crippen LogP contribution >= 0.6 is 11.3 Å². The van der Waals surface area contributed by atoms with Gasteiger partial charge >= 0.3 is 0 Å². The zero-order valence-electron chi connectivity index (χ0n) is 10.5. The summed E-state index contributed by atoms with van der Waals surface area (Å²) in [5.74, 6) is 0. The van der Waals surface area contributed by atoms with E-state index in [9.17, 15) is 0 Å². The number of hydrogen-bond acceptors (Lipinski definition) is 5. The van der Waals surface area contributed by atoms with Gasteiger partial charge in [-0.15, -0.1) is 11.3 Å². The van der Waals surface area contributed by atoms with Crippen LogP contribution in [0.2, 0.25) is 0 Å². The summed E-state index contributed by atoms with van der Waals surface area (Å²) in [5, 5.41) is 4.67. The van der Waals surface area contributed by atoms with Crippen molar-refractivity contribution in [3.05, 3.63) is 15.6 Å². The highest BCUT2D eigenvalue weighted by atomic mass is 32.1. The second kappa shape index (κ2) is 6.44. The SMILES string of the molecule is COCCc1nc(COC)c(CNC2CC2)s1. The average Bonchev–Trinajstić information content (AvgIpc) is 3.08. The maximum absolute atomic E-state index is 5.19. The zero-order chi connectivity index (χ0) is 12.1. The Morgan fingerprint density at radius 1 is 1.35 bits per heavy atom. The van der Waals surface area contributed by atoms with Crippen molar-refractivity contribution in [2.24, 2.45) is 0 Å². The molecule has 1 heterocycles. The van der Waals surface area contributed by atoms with Crippen molar-refractivity contribution in [2.45, 2.75) is 38.5 Å². The van der Waals surface area contributed by atoms with Gasteiger partial charge in [0.1, 0.15) is 0 Å². The first-order valence-corrected chi connectivity index (χ1v) is 6.84. The van der Waals surface area contributed by atoms with Gasteiger partial charge in [0.05, 0.1) is 23.9 Å². The lowest BCUT2D eigenvalue weighted by Gasteiger charge is -2.02. The van der Waals surface area contributed by atoms with Gasteiger partial charge in [-0.2, -0.15) is 0 Å². The molecular formula is C12H20N2O2S. The van der Waals surface area contributed by atoms with Crippen LogP contribution in [0.5, 0.6) is 0 Å². The van der Waals surface area contributed by atoms with Crippen molar-refractivity contribution in [1.82, 2.24) is 10.3 Å². The first-order valence-electron chi connectivity index (χ1n) is 6.02. The molecule has 1 aromatic rings. The van der Waals surface area contributed by atoms with E-state index in [0.717, 1.165) is 36.3 Å². The molecule has 4 nitrogen and oxygen atoms in total.